The lowest BCUT2D eigenvalue weighted by Gasteiger charge is -2.11. The summed E-state index contributed by atoms with van der Waals surface area (Å²) in [4.78, 5) is 9.85. The first kappa shape index (κ1) is 5.28. The zero-order valence-electron chi connectivity index (χ0n) is 5.07. The van der Waals surface area contributed by atoms with Crippen LogP contribution in [0.25, 0.3) is 0 Å². The summed E-state index contributed by atoms with van der Waals surface area (Å²) in [7, 11) is 1.90. The van der Waals surface area contributed by atoms with Crippen LogP contribution in [0.2, 0.25) is 0 Å². The first-order chi connectivity index (χ1) is 3.79. The van der Waals surface area contributed by atoms with E-state index >= 15 is 0 Å². The molecular weight excluding hydrogens is 102 g/mol. The van der Waals surface area contributed by atoms with Gasteiger partial charge >= 0.3 is 0 Å². The minimum Gasteiger partial charge on any atom is -0.327 e. The van der Waals surface area contributed by atoms with Crippen LogP contribution < -0.4 is 0 Å². The van der Waals surface area contributed by atoms with Crippen molar-refractivity contribution in [3.63, 3.8) is 0 Å². The Labute approximate surface area is 48.7 Å². The maximum Gasteiger partial charge on any atom is 0.140 e. The van der Waals surface area contributed by atoms with Crippen molar-refractivity contribution in [2.45, 2.75) is 13.1 Å². The molecule has 44 valence electrons. The number of nitrogens with zero attached hydrogens (tertiary/aromatic N) is 3. The first-order valence-electron chi connectivity index (χ1n) is 2.57. The van der Waals surface area contributed by atoms with Gasteiger partial charge in [0.1, 0.15) is 6.17 Å². The van der Waals surface area contributed by atoms with Crippen LogP contribution in [0.3, 0.4) is 0 Å². The molecule has 0 fully saturated rings. The fourth-order valence-electron chi connectivity index (χ4n) is 0.472. The molecule has 0 spiro atoms. The van der Waals surface area contributed by atoms with Crippen LogP contribution in [0.1, 0.15) is 6.92 Å². The van der Waals surface area contributed by atoms with Crippen molar-refractivity contribution in [1.29, 1.82) is 0 Å². The Morgan fingerprint density at radius 2 is 1.88 bits per heavy atom. The lowest BCUT2D eigenvalue weighted by Crippen LogP contribution is -2.19. The Hall–Kier alpha value is -0.860. The Kier molecular flexibility index (Phi) is 1.28. The molecule has 0 radical (unpaired) electrons. The fraction of sp³-hybridized carbons (Fsp3) is 0.600. The normalized spacial score (nSPS) is 20.0. The van der Waals surface area contributed by atoms with E-state index in [1.807, 2.05) is 18.9 Å². The molecular formula is C5H9N3. The third-order valence-corrected chi connectivity index (χ3v) is 0.929. The molecule has 0 bridgehead atoms. The molecule has 0 unspecified atom stereocenters. The van der Waals surface area contributed by atoms with E-state index in [1.54, 1.807) is 12.7 Å². The van der Waals surface area contributed by atoms with Crippen molar-refractivity contribution in [1.82, 2.24) is 4.90 Å². The number of aliphatic imine (C=N–C) groups is 2. The van der Waals surface area contributed by atoms with Gasteiger partial charge in [-0.1, -0.05) is 0 Å². The van der Waals surface area contributed by atoms with Gasteiger partial charge in [-0.3, -0.25) is 0 Å². The van der Waals surface area contributed by atoms with E-state index in [1.165, 1.54) is 0 Å². The Morgan fingerprint density at radius 1 is 1.38 bits per heavy atom. The summed E-state index contributed by atoms with van der Waals surface area (Å²) in [6, 6.07) is 0. The van der Waals surface area contributed by atoms with Crippen LogP contribution in [0.15, 0.2) is 9.98 Å². The Morgan fingerprint density at radius 3 is 2.25 bits per heavy atom. The molecule has 1 rings (SSSR count). The third-order valence-electron chi connectivity index (χ3n) is 0.929. The number of hydrogen-bond acceptors (Lipinski definition) is 3. The summed E-state index contributed by atoms with van der Waals surface area (Å²) in [5.41, 5.74) is 0. The van der Waals surface area contributed by atoms with Crippen LogP contribution in [0, 0.1) is 0 Å². The van der Waals surface area contributed by atoms with Gasteiger partial charge in [0.05, 0.1) is 12.7 Å². The van der Waals surface area contributed by atoms with Crippen molar-refractivity contribution in [3.05, 3.63) is 0 Å². The largest absolute Gasteiger partial charge is 0.327 e. The smallest absolute Gasteiger partial charge is 0.140 e. The highest BCUT2D eigenvalue weighted by Crippen LogP contribution is 1.93. The van der Waals surface area contributed by atoms with E-state index in [9.17, 15) is 0 Å². The molecule has 0 atom stereocenters. The van der Waals surface area contributed by atoms with Crippen LogP contribution in [-0.2, 0) is 0 Å². The minimum atomic E-state index is 0.117. The van der Waals surface area contributed by atoms with Crippen molar-refractivity contribution >= 4 is 12.7 Å². The second-order valence-corrected chi connectivity index (χ2v) is 1.83. The monoisotopic (exact) mass is 111 g/mol. The van der Waals surface area contributed by atoms with Crippen LogP contribution in [-0.4, -0.2) is 30.8 Å². The lowest BCUT2D eigenvalue weighted by atomic mass is 10.6. The summed E-state index contributed by atoms with van der Waals surface area (Å²) in [6.07, 6.45) is 3.64. The Bertz CT molecular complexity index is 99.6. The predicted octanol–water partition coefficient (Wildman–Crippen LogP) is 0.334. The molecule has 1 heterocycles. The molecule has 3 nitrogen and oxygen atoms in total. The van der Waals surface area contributed by atoms with E-state index in [0.29, 0.717) is 0 Å². The summed E-state index contributed by atoms with van der Waals surface area (Å²) in [5, 5.41) is 0. The van der Waals surface area contributed by atoms with Crippen molar-refractivity contribution in [3.8, 4) is 0 Å². The molecule has 0 aromatic rings. The number of rotatable bonds is 0. The second-order valence-electron chi connectivity index (χ2n) is 1.83. The van der Waals surface area contributed by atoms with Gasteiger partial charge in [-0.2, -0.15) is 0 Å². The SMILES string of the molecule is CC1N=CN(C)C=N1. The van der Waals surface area contributed by atoms with Crippen molar-refractivity contribution in [2.24, 2.45) is 9.98 Å². The molecule has 1 aliphatic rings. The zero-order valence-corrected chi connectivity index (χ0v) is 5.07. The zero-order chi connectivity index (χ0) is 5.98. The van der Waals surface area contributed by atoms with Crippen LogP contribution in [0.5, 0.6) is 0 Å². The molecule has 0 aromatic heterocycles. The van der Waals surface area contributed by atoms with E-state index in [0.717, 1.165) is 0 Å². The van der Waals surface area contributed by atoms with Gasteiger partial charge in [0.25, 0.3) is 0 Å². The quantitative estimate of drug-likeness (QED) is 0.443. The first-order valence-corrected chi connectivity index (χ1v) is 2.57. The van der Waals surface area contributed by atoms with E-state index < -0.39 is 0 Å². The maximum absolute atomic E-state index is 4.01. The summed E-state index contributed by atoms with van der Waals surface area (Å²) in [5.74, 6) is 0. The average molecular weight is 111 g/mol. The summed E-state index contributed by atoms with van der Waals surface area (Å²) in [6.45, 7) is 1.94. The molecule has 0 amide bonds. The van der Waals surface area contributed by atoms with Crippen LogP contribution >= 0.6 is 0 Å². The average Bonchev–Trinajstić information content (AvgIpc) is 1.77. The summed E-state index contributed by atoms with van der Waals surface area (Å²) < 4.78 is 0. The van der Waals surface area contributed by atoms with Gasteiger partial charge in [-0.05, 0) is 6.92 Å². The summed E-state index contributed by atoms with van der Waals surface area (Å²) >= 11 is 0. The lowest BCUT2D eigenvalue weighted by molar-refractivity contribution is 0.694. The van der Waals surface area contributed by atoms with E-state index in [-0.39, 0.29) is 6.17 Å². The second kappa shape index (κ2) is 1.94. The molecule has 0 saturated heterocycles. The maximum atomic E-state index is 4.01. The highest BCUT2D eigenvalue weighted by molar-refractivity contribution is 5.76. The predicted molar refractivity (Wildman–Crippen MR) is 34.2 cm³/mol. The molecule has 8 heavy (non-hydrogen) atoms. The minimum absolute atomic E-state index is 0.117. The van der Waals surface area contributed by atoms with Crippen molar-refractivity contribution < 1.29 is 0 Å². The van der Waals surface area contributed by atoms with Gasteiger partial charge in [0, 0.05) is 7.05 Å². The highest BCUT2D eigenvalue weighted by Gasteiger charge is 1.96. The van der Waals surface area contributed by atoms with Crippen LogP contribution in [0.4, 0.5) is 0 Å². The molecule has 0 saturated carbocycles. The van der Waals surface area contributed by atoms with Gasteiger partial charge in [-0.25, -0.2) is 9.98 Å². The van der Waals surface area contributed by atoms with E-state index in [2.05, 4.69) is 9.98 Å². The third kappa shape index (κ3) is 1.05. The molecule has 0 aromatic carbocycles. The molecule has 0 N–H and O–H groups in total. The van der Waals surface area contributed by atoms with Gasteiger partial charge in [-0.15, -0.1) is 0 Å². The number of hydrogen-bond donors (Lipinski definition) is 0. The van der Waals surface area contributed by atoms with Gasteiger partial charge < -0.3 is 4.90 Å². The topological polar surface area (TPSA) is 28.0 Å². The molecule has 0 aliphatic carbocycles. The standard InChI is InChI=1S/C5H9N3/c1-5-6-3-8(2)4-7-5/h3-5H,1-2H3. The fourth-order valence-corrected chi connectivity index (χ4v) is 0.472. The van der Waals surface area contributed by atoms with Crippen molar-refractivity contribution in [2.75, 3.05) is 7.05 Å². The Balaban J connectivity index is 2.54. The molecule has 1 aliphatic heterocycles. The molecule has 3 heteroatoms. The highest BCUT2D eigenvalue weighted by atomic mass is 15.2. The van der Waals surface area contributed by atoms with Gasteiger partial charge in [0.2, 0.25) is 0 Å². The van der Waals surface area contributed by atoms with Gasteiger partial charge in [0.15, 0.2) is 0 Å². The van der Waals surface area contributed by atoms with E-state index in [4.69, 9.17) is 0 Å².